The Morgan fingerprint density at radius 1 is 1.56 bits per heavy atom. The molecule has 5 heteroatoms. The fourth-order valence-electron chi connectivity index (χ4n) is 1.70. The molecule has 0 amide bonds. The Labute approximate surface area is 113 Å². The second-order valence-corrected chi connectivity index (χ2v) is 5.20. The Morgan fingerprint density at radius 3 is 2.94 bits per heavy atom. The molecule has 0 unspecified atom stereocenters. The van der Waals surface area contributed by atoms with Crippen molar-refractivity contribution in [3.63, 3.8) is 0 Å². The van der Waals surface area contributed by atoms with E-state index in [4.69, 9.17) is 22.1 Å². The SMILES string of the molecule is CN(CCOCC1CC1)c1ncc(CN)cc1Cl. The van der Waals surface area contributed by atoms with Crippen molar-refractivity contribution in [1.29, 1.82) is 0 Å². The molecule has 0 radical (unpaired) electrons. The average molecular weight is 270 g/mol. The highest BCUT2D eigenvalue weighted by Crippen LogP contribution is 2.28. The van der Waals surface area contributed by atoms with Crippen LogP contribution in [0.1, 0.15) is 18.4 Å². The van der Waals surface area contributed by atoms with Crippen molar-refractivity contribution in [3.05, 3.63) is 22.8 Å². The van der Waals surface area contributed by atoms with Crippen molar-refractivity contribution < 1.29 is 4.74 Å². The number of hydrogen-bond acceptors (Lipinski definition) is 4. The van der Waals surface area contributed by atoms with Crippen molar-refractivity contribution in [2.45, 2.75) is 19.4 Å². The smallest absolute Gasteiger partial charge is 0.147 e. The predicted octanol–water partition coefficient (Wildman–Crippen LogP) is 2.06. The van der Waals surface area contributed by atoms with Crippen LogP contribution >= 0.6 is 11.6 Å². The van der Waals surface area contributed by atoms with Crippen molar-refractivity contribution >= 4 is 17.4 Å². The van der Waals surface area contributed by atoms with E-state index in [0.717, 1.165) is 30.5 Å². The van der Waals surface area contributed by atoms with E-state index in [1.54, 1.807) is 6.20 Å². The Balaban J connectivity index is 1.81. The molecule has 0 bridgehead atoms. The van der Waals surface area contributed by atoms with Crippen molar-refractivity contribution in [1.82, 2.24) is 4.98 Å². The van der Waals surface area contributed by atoms with Crippen molar-refractivity contribution in [2.24, 2.45) is 11.7 Å². The fourth-order valence-corrected chi connectivity index (χ4v) is 2.04. The molecule has 1 aromatic heterocycles. The number of nitrogens with zero attached hydrogens (tertiary/aromatic N) is 2. The lowest BCUT2D eigenvalue weighted by molar-refractivity contribution is 0.131. The first-order valence-electron chi connectivity index (χ1n) is 6.34. The molecule has 1 heterocycles. The van der Waals surface area contributed by atoms with E-state index in [1.807, 2.05) is 18.0 Å². The number of hydrogen-bond donors (Lipinski definition) is 1. The molecule has 1 aromatic rings. The van der Waals surface area contributed by atoms with Crippen LogP contribution in [0.3, 0.4) is 0 Å². The second-order valence-electron chi connectivity index (χ2n) is 4.79. The van der Waals surface area contributed by atoms with E-state index in [1.165, 1.54) is 12.8 Å². The molecule has 18 heavy (non-hydrogen) atoms. The standard InChI is InChI=1S/C13H20ClN3O/c1-17(4-5-18-9-10-2-3-10)13-12(14)6-11(7-15)8-16-13/h6,8,10H,2-5,7,9,15H2,1H3. The molecule has 1 aliphatic carbocycles. The van der Waals surface area contributed by atoms with E-state index in [9.17, 15) is 0 Å². The van der Waals surface area contributed by atoms with Crippen LogP contribution in [-0.4, -0.2) is 31.8 Å². The van der Waals surface area contributed by atoms with Crippen molar-refractivity contribution in [2.75, 3.05) is 31.7 Å². The number of rotatable bonds is 7. The topological polar surface area (TPSA) is 51.4 Å². The first-order chi connectivity index (χ1) is 8.70. The average Bonchev–Trinajstić information content (AvgIpc) is 3.18. The maximum Gasteiger partial charge on any atom is 0.147 e. The largest absolute Gasteiger partial charge is 0.379 e. The number of ether oxygens (including phenoxy) is 1. The lowest BCUT2D eigenvalue weighted by atomic mass is 10.3. The molecule has 2 rings (SSSR count). The molecular formula is C13H20ClN3O. The van der Waals surface area contributed by atoms with Crippen LogP contribution < -0.4 is 10.6 Å². The summed E-state index contributed by atoms with van der Waals surface area (Å²) in [4.78, 5) is 6.34. The van der Waals surface area contributed by atoms with Crippen LogP contribution in [0.25, 0.3) is 0 Å². The third-order valence-electron chi connectivity index (χ3n) is 3.10. The summed E-state index contributed by atoms with van der Waals surface area (Å²) in [5, 5.41) is 0.641. The van der Waals surface area contributed by atoms with E-state index in [2.05, 4.69) is 4.98 Å². The van der Waals surface area contributed by atoms with E-state index in [0.29, 0.717) is 18.2 Å². The molecule has 4 nitrogen and oxygen atoms in total. The maximum atomic E-state index is 6.18. The van der Waals surface area contributed by atoms with Gasteiger partial charge < -0.3 is 15.4 Å². The molecular weight excluding hydrogens is 250 g/mol. The summed E-state index contributed by atoms with van der Waals surface area (Å²) in [6, 6.07) is 1.87. The Bertz CT molecular complexity index is 396. The molecule has 0 aromatic carbocycles. The summed E-state index contributed by atoms with van der Waals surface area (Å²) in [7, 11) is 1.97. The minimum Gasteiger partial charge on any atom is -0.379 e. The van der Waals surface area contributed by atoms with Crippen LogP contribution in [0.4, 0.5) is 5.82 Å². The number of likely N-dealkylation sites (N-methyl/N-ethyl adjacent to an activating group) is 1. The molecule has 0 aliphatic heterocycles. The van der Waals surface area contributed by atoms with Crippen LogP contribution in [0.15, 0.2) is 12.3 Å². The van der Waals surface area contributed by atoms with Gasteiger partial charge >= 0.3 is 0 Å². The zero-order valence-corrected chi connectivity index (χ0v) is 11.5. The Kier molecular flexibility index (Phi) is 4.80. The van der Waals surface area contributed by atoms with Gasteiger partial charge in [0.15, 0.2) is 0 Å². The van der Waals surface area contributed by atoms with Crippen molar-refractivity contribution in [3.8, 4) is 0 Å². The van der Waals surface area contributed by atoms with Gasteiger partial charge in [0, 0.05) is 32.9 Å². The lowest BCUT2D eigenvalue weighted by Gasteiger charge is -2.19. The Morgan fingerprint density at radius 2 is 2.33 bits per heavy atom. The molecule has 0 spiro atoms. The van der Waals surface area contributed by atoms with Gasteiger partial charge in [-0.25, -0.2) is 4.98 Å². The van der Waals surface area contributed by atoms with Crippen LogP contribution in [-0.2, 0) is 11.3 Å². The van der Waals surface area contributed by atoms with Gasteiger partial charge in [-0.15, -0.1) is 0 Å². The first kappa shape index (κ1) is 13.6. The monoisotopic (exact) mass is 269 g/mol. The summed E-state index contributed by atoms with van der Waals surface area (Å²) in [6.07, 6.45) is 4.41. The van der Waals surface area contributed by atoms with Gasteiger partial charge in [-0.2, -0.15) is 0 Å². The normalized spacial score (nSPS) is 14.8. The molecule has 0 saturated heterocycles. The molecule has 1 fully saturated rings. The molecule has 100 valence electrons. The predicted molar refractivity (Wildman–Crippen MR) is 74.0 cm³/mol. The summed E-state index contributed by atoms with van der Waals surface area (Å²) in [5.74, 6) is 1.59. The van der Waals surface area contributed by atoms with Gasteiger partial charge in [-0.1, -0.05) is 11.6 Å². The summed E-state index contributed by atoms with van der Waals surface area (Å²) < 4.78 is 5.60. The number of anilines is 1. The van der Waals surface area contributed by atoms with Crippen LogP contribution in [0.2, 0.25) is 5.02 Å². The number of aromatic nitrogens is 1. The highest BCUT2D eigenvalue weighted by atomic mass is 35.5. The van der Waals surface area contributed by atoms with Gasteiger partial charge in [0.1, 0.15) is 5.82 Å². The minimum absolute atomic E-state index is 0.460. The quantitative estimate of drug-likeness (QED) is 0.770. The Hall–Kier alpha value is -0.840. The molecule has 2 N–H and O–H groups in total. The van der Waals surface area contributed by atoms with Gasteiger partial charge in [0.05, 0.1) is 11.6 Å². The highest BCUT2D eigenvalue weighted by Gasteiger charge is 2.21. The van der Waals surface area contributed by atoms with E-state index < -0.39 is 0 Å². The van der Waals surface area contributed by atoms with Gasteiger partial charge in [0.25, 0.3) is 0 Å². The zero-order valence-electron chi connectivity index (χ0n) is 10.7. The number of halogens is 1. The third kappa shape index (κ3) is 3.83. The van der Waals surface area contributed by atoms with E-state index in [-0.39, 0.29) is 0 Å². The summed E-state index contributed by atoms with van der Waals surface area (Å²) in [5.41, 5.74) is 6.49. The third-order valence-corrected chi connectivity index (χ3v) is 3.38. The maximum absolute atomic E-state index is 6.18. The van der Waals surface area contributed by atoms with Crippen LogP contribution in [0, 0.1) is 5.92 Å². The summed E-state index contributed by atoms with van der Waals surface area (Å²) >= 11 is 6.18. The number of pyridine rings is 1. The second kappa shape index (κ2) is 6.36. The van der Waals surface area contributed by atoms with Gasteiger partial charge in [0.2, 0.25) is 0 Å². The molecule has 1 aliphatic rings. The lowest BCUT2D eigenvalue weighted by Crippen LogP contribution is -2.24. The van der Waals surface area contributed by atoms with Gasteiger partial charge in [-0.3, -0.25) is 0 Å². The van der Waals surface area contributed by atoms with E-state index >= 15 is 0 Å². The molecule has 0 atom stereocenters. The fraction of sp³-hybridized carbons (Fsp3) is 0.615. The first-order valence-corrected chi connectivity index (χ1v) is 6.72. The summed E-state index contributed by atoms with van der Waals surface area (Å²) in [6.45, 7) is 2.85. The molecule has 1 saturated carbocycles. The number of nitrogens with two attached hydrogens (primary N) is 1. The van der Waals surface area contributed by atoms with Gasteiger partial charge in [-0.05, 0) is 30.4 Å². The van der Waals surface area contributed by atoms with Crippen LogP contribution in [0.5, 0.6) is 0 Å². The highest BCUT2D eigenvalue weighted by molar-refractivity contribution is 6.33. The zero-order chi connectivity index (χ0) is 13.0. The minimum atomic E-state index is 0.460.